The molecular formula is C11H17NS2. The third kappa shape index (κ3) is 4.29. The molecule has 1 nitrogen and oxygen atoms in total. The molecule has 1 aromatic carbocycles. The van der Waals surface area contributed by atoms with Crippen molar-refractivity contribution in [2.24, 2.45) is 0 Å². The van der Waals surface area contributed by atoms with Crippen LogP contribution in [0.15, 0.2) is 24.3 Å². The van der Waals surface area contributed by atoms with Gasteiger partial charge in [0, 0.05) is 17.5 Å². The zero-order valence-electron chi connectivity index (χ0n) is 8.66. The second kappa shape index (κ2) is 6.25. The van der Waals surface area contributed by atoms with Gasteiger partial charge in [0.05, 0.1) is 0 Å². The van der Waals surface area contributed by atoms with Gasteiger partial charge < -0.3 is 5.32 Å². The maximum atomic E-state index is 4.13. The molecule has 14 heavy (non-hydrogen) atoms. The van der Waals surface area contributed by atoms with Gasteiger partial charge in [-0.1, -0.05) is 22.9 Å². The van der Waals surface area contributed by atoms with Crippen molar-refractivity contribution < 1.29 is 0 Å². The first-order valence-corrected chi connectivity index (χ1v) is 6.88. The molecule has 0 unspecified atom stereocenters. The van der Waals surface area contributed by atoms with E-state index in [2.05, 4.69) is 55.1 Å². The molecule has 78 valence electrons. The maximum Gasteiger partial charge on any atom is 0.0344 e. The number of aryl methyl sites for hydroxylation is 1. The van der Waals surface area contributed by atoms with E-state index in [9.17, 15) is 0 Å². The Hall–Kier alpha value is -0.280. The minimum Gasteiger partial charge on any atom is -0.383 e. The van der Waals surface area contributed by atoms with E-state index in [0.29, 0.717) is 6.04 Å². The molecule has 0 aromatic heterocycles. The van der Waals surface area contributed by atoms with Crippen molar-refractivity contribution in [2.45, 2.75) is 26.3 Å². The molecule has 0 aliphatic rings. The molecule has 1 aromatic rings. The SMILES string of the molecule is CC(C)Nc1cccc(CCSS)c1. The minimum atomic E-state index is 0.490. The average molecular weight is 227 g/mol. The van der Waals surface area contributed by atoms with Crippen LogP contribution in [-0.2, 0) is 6.42 Å². The number of nitrogens with one attached hydrogen (secondary N) is 1. The fourth-order valence-electron chi connectivity index (χ4n) is 1.31. The van der Waals surface area contributed by atoms with Crippen LogP contribution in [0, 0.1) is 0 Å². The topological polar surface area (TPSA) is 12.0 Å². The summed E-state index contributed by atoms with van der Waals surface area (Å²) in [5, 5.41) is 3.40. The van der Waals surface area contributed by atoms with Crippen LogP contribution >= 0.6 is 22.5 Å². The largest absolute Gasteiger partial charge is 0.383 e. The second-order valence-electron chi connectivity index (χ2n) is 3.58. The van der Waals surface area contributed by atoms with Gasteiger partial charge in [-0.15, -0.1) is 11.7 Å². The summed E-state index contributed by atoms with van der Waals surface area (Å²) in [6.45, 7) is 4.30. The van der Waals surface area contributed by atoms with Gasteiger partial charge in [-0.3, -0.25) is 0 Å². The Labute approximate surface area is 95.5 Å². The normalized spacial score (nSPS) is 10.6. The summed E-state index contributed by atoms with van der Waals surface area (Å²) in [5.41, 5.74) is 2.58. The number of hydrogen-bond acceptors (Lipinski definition) is 3. The van der Waals surface area contributed by atoms with Crippen molar-refractivity contribution >= 4 is 28.1 Å². The molecule has 0 aliphatic carbocycles. The van der Waals surface area contributed by atoms with Gasteiger partial charge in [0.25, 0.3) is 0 Å². The molecule has 0 atom stereocenters. The average Bonchev–Trinajstić information content (AvgIpc) is 2.14. The highest BCUT2D eigenvalue weighted by atomic mass is 33.1. The Morgan fingerprint density at radius 2 is 2.21 bits per heavy atom. The van der Waals surface area contributed by atoms with Crippen molar-refractivity contribution in [1.82, 2.24) is 0 Å². The van der Waals surface area contributed by atoms with Crippen LogP contribution in [0.4, 0.5) is 5.69 Å². The molecule has 0 amide bonds. The lowest BCUT2D eigenvalue weighted by Gasteiger charge is -2.10. The van der Waals surface area contributed by atoms with Crippen molar-refractivity contribution in [1.29, 1.82) is 0 Å². The van der Waals surface area contributed by atoms with Crippen LogP contribution < -0.4 is 5.32 Å². The highest BCUT2D eigenvalue weighted by Gasteiger charge is 1.97. The molecule has 1 rings (SSSR count). The van der Waals surface area contributed by atoms with Gasteiger partial charge >= 0.3 is 0 Å². The fourth-order valence-corrected chi connectivity index (χ4v) is 1.91. The van der Waals surface area contributed by atoms with Gasteiger partial charge in [-0.2, -0.15) is 0 Å². The van der Waals surface area contributed by atoms with Gasteiger partial charge in [0.15, 0.2) is 0 Å². The number of rotatable bonds is 5. The van der Waals surface area contributed by atoms with Crippen molar-refractivity contribution in [2.75, 3.05) is 11.1 Å². The molecule has 0 spiro atoms. The van der Waals surface area contributed by atoms with Crippen LogP contribution in [0.5, 0.6) is 0 Å². The predicted octanol–water partition coefficient (Wildman–Crippen LogP) is 3.63. The zero-order chi connectivity index (χ0) is 10.4. The Balaban J connectivity index is 2.59. The van der Waals surface area contributed by atoms with E-state index in [1.54, 1.807) is 10.8 Å². The van der Waals surface area contributed by atoms with Crippen molar-refractivity contribution in [3.8, 4) is 0 Å². The molecule has 3 heteroatoms. The fraction of sp³-hybridized carbons (Fsp3) is 0.455. The van der Waals surface area contributed by atoms with Gasteiger partial charge in [-0.25, -0.2) is 0 Å². The Morgan fingerprint density at radius 3 is 2.86 bits per heavy atom. The molecular weight excluding hydrogens is 210 g/mol. The van der Waals surface area contributed by atoms with E-state index >= 15 is 0 Å². The van der Waals surface area contributed by atoms with E-state index in [4.69, 9.17) is 0 Å². The zero-order valence-corrected chi connectivity index (χ0v) is 10.4. The molecule has 0 saturated heterocycles. The standard InChI is InChI=1S/C11H17NS2/c1-9(2)12-11-5-3-4-10(8-11)6-7-14-13/h3-5,8-9,12-13H,6-7H2,1-2H3. The first-order chi connectivity index (χ1) is 6.72. The Morgan fingerprint density at radius 1 is 1.43 bits per heavy atom. The van der Waals surface area contributed by atoms with E-state index in [1.807, 2.05) is 0 Å². The summed E-state index contributed by atoms with van der Waals surface area (Å²) in [6, 6.07) is 9.07. The number of benzene rings is 1. The summed E-state index contributed by atoms with van der Waals surface area (Å²) in [7, 11) is 1.59. The third-order valence-electron chi connectivity index (χ3n) is 1.86. The number of hydrogen-bond donors (Lipinski definition) is 2. The Bertz CT molecular complexity index is 274. The van der Waals surface area contributed by atoms with Gasteiger partial charge in [-0.05, 0) is 38.0 Å². The smallest absolute Gasteiger partial charge is 0.0344 e. The molecule has 0 fully saturated rings. The van der Waals surface area contributed by atoms with Crippen LogP contribution in [0.2, 0.25) is 0 Å². The molecule has 1 N–H and O–H groups in total. The first kappa shape index (κ1) is 11.8. The van der Waals surface area contributed by atoms with Crippen LogP contribution in [-0.4, -0.2) is 11.8 Å². The molecule has 0 saturated carbocycles. The molecule has 0 heterocycles. The second-order valence-corrected chi connectivity index (χ2v) is 5.02. The summed E-state index contributed by atoms with van der Waals surface area (Å²) in [4.78, 5) is 0. The highest BCUT2D eigenvalue weighted by molar-refractivity contribution is 8.68. The molecule has 0 aliphatic heterocycles. The van der Waals surface area contributed by atoms with Crippen LogP contribution in [0.1, 0.15) is 19.4 Å². The lowest BCUT2D eigenvalue weighted by Crippen LogP contribution is -2.09. The van der Waals surface area contributed by atoms with E-state index in [-0.39, 0.29) is 0 Å². The van der Waals surface area contributed by atoms with Gasteiger partial charge in [0.1, 0.15) is 0 Å². The number of thiol groups is 1. The third-order valence-corrected chi connectivity index (χ3v) is 2.80. The monoisotopic (exact) mass is 227 g/mol. The van der Waals surface area contributed by atoms with Crippen LogP contribution in [0.25, 0.3) is 0 Å². The minimum absolute atomic E-state index is 0.490. The van der Waals surface area contributed by atoms with Crippen molar-refractivity contribution in [3.63, 3.8) is 0 Å². The van der Waals surface area contributed by atoms with E-state index in [0.717, 1.165) is 12.2 Å². The summed E-state index contributed by atoms with van der Waals surface area (Å²) >= 11 is 4.13. The summed E-state index contributed by atoms with van der Waals surface area (Å²) in [6.07, 6.45) is 1.09. The maximum absolute atomic E-state index is 4.13. The number of anilines is 1. The van der Waals surface area contributed by atoms with Gasteiger partial charge in [0.2, 0.25) is 0 Å². The molecule has 0 radical (unpaired) electrons. The van der Waals surface area contributed by atoms with Crippen molar-refractivity contribution in [3.05, 3.63) is 29.8 Å². The first-order valence-electron chi connectivity index (χ1n) is 4.84. The lowest BCUT2D eigenvalue weighted by molar-refractivity contribution is 0.899. The summed E-state index contributed by atoms with van der Waals surface area (Å²) in [5.74, 6) is 1.06. The quantitative estimate of drug-likeness (QED) is 0.588. The lowest BCUT2D eigenvalue weighted by atomic mass is 10.1. The molecule has 0 bridgehead atoms. The summed E-state index contributed by atoms with van der Waals surface area (Å²) < 4.78 is 0. The van der Waals surface area contributed by atoms with Crippen LogP contribution in [0.3, 0.4) is 0 Å². The van der Waals surface area contributed by atoms with E-state index < -0.39 is 0 Å². The van der Waals surface area contributed by atoms with E-state index in [1.165, 1.54) is 11.3 Å². The highest BCUT2D eigenvalue weighted by Crippen LogP contribution is 2.15. The predicted molar refractivity (Wildman–Crippen MR) is 70.3 cm³/mol. The Kier molecular flexibility index (Phi) is 5.26.